The van der Waals surface area contributed by atoms with Gasteiger partial charge in [0.05, 0.1) is 6.04 Å². The van der Waals surface area contributed by atoms with Gasteiger partial charge in [-0.25, -0.2) is 4.99 Å². The number of aliphatic imine (C=N–C) groups is 1. The molecule has 1 spiro atoms. The van der Waals surface area contributed by atoms with Gasteiger partial charge in [0.1, 0.15) is 0 Å². The van der Waals surface area contributed by atoms with Gasteiger partial charge in [0, 0.05) is 13.1 Å². The summed E-state index contributed by atoms with van der Waals surface area (Å²) in [6.07, 6.45) is 9.39. The molecular formula is C12H21N3. The number of rotatable bonds is 1. The van der Waals surface area contributed by atoms with E-state index < -0.39 is 0 Å². The number of hydrogen-bond donors (Lipinski definition) is 1. The second-order valence-corrected chi connectivity index (χ2v) is 5.47. The Morgan fingerprint density at radius 3 is 2.33 bits per heavy atom. The van der Waals surface area contributed by atoms with Crippen LogP contribution < -0.4 is 5.73 Å². The standard InChI is InChI=1S/C12H21N3/c13-11(14-10-9-12(10)5-6-12)15-7-3-1-2-4-8-15/h10H,1-9H2,(H2,13,14). The zero-order chi connectivity index (χ0) is 10.3. The maximum atomic E-state index is 6.08. The van der Waals surface area contributed by atoms with Crippen molar-refractivity contribution in [2.45, 2.75) is 51.0 Å². The van der Waals surface area contributed by atoms with Crippen LogP contribution in [0.3, 0.4) is 0 Å². The number of guanidine groups is 1. The summed E-state index contributed by atoms with van der Waals surface area (Å²) in [5.41, 5.74) is 6.73. The minimum Gasteiger partial charge on any atom is -0.370 e. The highest BCUT2D eigenvalue weighted by Gasteiger charge is 2.63. The minimum absolute atomic E-state index is 0.584. The summed E-state index contributed by atoms with van der Waals surface area (Å²) in [5, 5.41) is 0. The van der Waals surface area contributed by atoms with Crippen molar-refractivity contribution >= 4 is 5.96 Å². The summed E-state index contributed by atoms with van der Waals surface area (Å²) in [5.74, 6) is 0.825. The van der Waals surface area contributed by atoms with Gasteiger partial charge in [0.25, 0.3) is 0 Å². The van der Waals surface area contributed by atoms with Crippen LogP contribution in [-0.2, 0) is 0 Å². The Labute approximate surface area is 91.7 Å². The van der Waals surface area contributed by atoms with Crippen molar-refractivity contribution in [1.82, 2.24) is 4.90 Å². The lowest BCUT2D eigenvalue weighted by atomic mass is 10.2. The molecule has 2 saturated carbocycles. The van der Waals surface area contributed by atoms with Crippen molar-refractivity contribution in [3.05, 3.63) is 0 Å². The average molecular weight is 207 g/mol. The molecule has 1 aliphatic heterocycles. The van der Waals surface area contributed by atoms with Crippen molar-refractivity contribution in [2.75, 3.05) is 13.1 Å². The Morgan fingerprint density at radius 2 is 1.80 bits per heavy atom. The highest BCUT2D eigenvalue weighted by molar-refractivity contribution is 5.78. The summed E-state index contributed by atoms with van der Waals surface area (Å²) >= 11 is 0. The van der Waals surface area contributed by atoms with Gasteiger partial charge in [-0.05, 0) is 37.5 Å². The maximum Gasteiger partial charge on any atom is 0.191 e. The van der Waals surface area contributed by atoms with E-state index in [1.807, 2.05) is 0 Å². The smallest absolute Gasteiger partial charge is 0.191 e. The second kappa shape index (κ2) is 3.39. The number of nitrogens with zero attached hydrogens (tertiary/aromatic N) is 2. The summed E-state index contributed by atoms with van der Waals surface area (Å²) in [4.78, 5) is 6.98. The molecule has 3 aliphatic rings. The van der Waals surface area contributed by atoms with Crippen molar-refractivity contribution < 1.29 is 0 Å². The Balaban J connectivity index is 1.59. The summed E-state index contributed by atoms with van der Waals surface area (Å²) in [6, 6.07) is 0.584. The van der Waals surface area contributed by atoms with Crippen molar-refractivity contribution in [3.63, 3.8) is 0 Å². The molecule has 2 aliphatic carbocycles. The molecule has 3 nitrogen and oxygen atoms in total. The first-order valence-corrected chi connectivity index (χ1v) is 6.38. The molecule has 3 fully saturated rings. The van der Waals surface area contributed by atoms with Gasteiger partial charge >= 0.3 is 0 Å². The lowest BCUT2D eigenvalue weighted by molar-refractivity contribution is 0.428. The van der Waals surface area contributed by atoms with Gasteiger partial charge in [0.15, 0.2) is 5.96 Å². The second-order valence-electron chi connectivity index (χ2n) is 5.47. The van der Waals surface area contributed by atoms with E-state index in [4.69, 9.17) is 5.73 Å². The molecule has 3 rings (SSSR count). The molecule has 3 heteroatoms. The minimum atomic E-state index is 0.584. The summed E-state index contributed by atoms with van der Waals surface area (Å²) in [6.45, 7) is 2.24. The molecule has 0 radical (unpaired) electrons. The fourth-order valence-corrected chi connectivity index (χ4v) is 2.75. The molecule has 0 aromatic carbocycles. The van der Waals surface area contributed by atoms with E-state index in [-0.39, 0.29) is 0 Å². The third-order valence-electron chi connectivity index (χ3n) is 4.26. The molecule has 15 heavy (non-hydrogen) atoms. The van der Waals surface area contributed by atoms with E-state index in [9.17, 15) is 0 Å². The van der Waals surface area contributed by atoms with Crippen LogP contribution in [0.4, 0.5) is 0 Å². The van der Waals surface area contributed by atoms with E-state index >= 15 is 0 Å². The molecule has 0 amide bonds. The first-order valence-electron chi connectivity index (χ1n) is 6.38. The van der Waals surface area contributed by atoms with Crippen LogP contribution in [0, 0.1) is 5.41 Å². The summed E-state index contributed by atoms with van der Waals surface area (Å²) < 4.78 is 0. The van der Waals surface area contributed by atoms with Gasteiger partial charge in [-0.3, -0.25) is 0 Å². The third kappa shape index (κ3) is 1.84. The summed E-state index contributed by atoms with van der Waals surface area (Å²) in [7, 11) is 0. The van der Waals surface area contributed by atoms with Gasteiger partial charge in [0.2, 0.25) is 0 Å². The number of hydrogen-bond acceptors (Lipinski definition) is 1. The largest absolute Gasteiger partial charge is 0.370 e. The maximum absolute atomic E-state index is 6.08. The average Bonchev–Trinajstić information content (AvgIpc) is 3.11. The molecule has 1 unspecified atom stereocenters. The highest BCUT2D eigenvalue weighted by atomic mass is 15.3. The number of nitrogens with two attached hydrogens (primary N) is 1. The van der Waals surface area contributed by atoms with Gasteiger partial charge in [-0.1, -0.05) is 12.8 Å². The fraction of sp³-hybridized carbons (Fsp3) is 0.917. The Bertz CT molecular complexity index is 273. The van der Waals surface area contributed by atoms with Crippen LogP contribution in [0.15, 0.2) is 4.99 Å². The predicted molar refractivity (Wildman–Crippen MR) is 61.7 cm³/mol. The molecule has 84 valence electrons. The van der Waals surface area contributed by atoms with Crippen LogP contribution in [-0.4, -0.2) is 30.0 Å². The molecule has 1 saturated heterocycles. The zero-order valence-corrected chi connectivity index (χ0v) is 9.41. The van der Waals surface area contributed by atoms with Gasteiger partial charge in [-0.15, -0.1) is 0 Å². The number of likely N-dealkylation sites (tertiary alicyclic amines) is 1. The third-order valence-corrected chi connectivity index (χ3v) is 4.26. The van der Waals surface area contributed by atoms with Crippen LogP contribution in [0.5, 0.6) is 0 Å². The molecule has 1 atom stereocenters. The van der Waals surface area contributed by atoms with Gasteiger partial charge < -0.3 is 10.6 Å². The first kappa shape index (κ1) is 9.49. The molecule has 0 aromatic heterocycles. The van der Waals surface area contributed by atoms with E-state index in [0.29, 0.717) is 11.5 Å². The Hall–Kier alpha value is -0.730. The SMILES string of the molecule is NC(=NC1CC12CC2)N1CCCCCC1. The first-order chi connectivity index (χ1) is 7.30. The topological polar surface area (TPSA) is 41.6 Å². The predicted octanol–water partition coefficient (Wildman–Crippen LogP) is 1.73. The Kier molecular flexibility index (Phi) is 2.15. The van der Waals surface area contributed by atoms with Crippen LogP contribution in [0.1, 0.15) is 44.9 Å². The van der Waals surface area contributed by atoms with Crippen molar-refractivity contribution in [2.24, 2.45) is 16.1 Å². The van der Waals surface area contributed by atoms with E-state index in [0.717, 1.165) is 19.0 Å². The normalized spacial score (nSPS) is 34.0. The lowest BCUT2D eigenvalue weighted by Gasteiger charge is -2.21. The lowest BCUT2D eigenvalue weighted by Crippen LogP contribution is -2.38. The monoisotopic (exact) mass is 207 g/mol. The molecule has 1 heterocycles. The zero-order valence-electron chi connectivity index (χ0n) is 9.41. The van der Waals surface area contributed by atoms with Crippen LogP contribution in [0.25, 0.3) is 0 Å². The van der Waals surface area contributed by atoms with Crippen molar-refractivity contribution in [3.8, 4) is 0 Å². The van der Waals surface area contributed by atoms with E-state index in [1.165, 1.54) is 44.9 Å². The van der Waals surface area contributed by atoms with E-state index in [1.54, 1.807) is 0 Å². The molecule has 0 bridgehead atoms. The fourth-order valence-electron chi connectivity index (χ4n) is 2.75. The highest BCUT2D eigenvalue weighted by Crippen LogP contribution is 2.67. The quantitative estimate of drug-likeness (QED) is 0.525. The molecule has 0 aromatic rings. The molecule has 2 N–H and O–H groups in total. The van der Waals surface area contributed by atoms with Gasteiger partial charge in [-0.2, -0.15) is 0 Å². The van der Waals surface area contributed by atoms with Crippen LogP contribution in [0.2, 0.25) is 0 Å². The van der Waals surface area contributed by atoms with Crippen molar-refractivity contribution in [1.29, 1.82) is 0 Å². The molecular weight excluding hydrogens is 186 g/mol. The Morgan fingerprint density at radius 1 is 1.13 bits per heavy atom. The van der Waals surface area contributed by atoms with E-state index in [2.05, 4.69) is 9.89 Å². The van der Waals surface area contributed by atoms with Crippen LogP contribution >= 0.6 is 0 Å².